The van der Waals surface area contributed by atoms with Crippen molar-refractivity contribution in [3.63, 3.8) is 0 Å². The first-order valence-electron chi connectivity index (χ1n) is 4.27. The van der Waals surface area contributed by atoms with Gasteiger partial charge in [0.1, 0.15) is 0 Å². The number of hydrogen-bond donors (Lipinski definition) is 2. The summed E-state index contributed by atoms with van der Waals surface area (Å²) in [5.41, 5.74) is 0. The molecule has 0 saturated carbocycles. The third-order valence-corrected chi connectivity index (χ3v) is 1.67. The van der Waals surface area contributed by atoms with Crippen LogP contribution < -0.4 is 0 Å². The topological polar surface area (TPSA) is 74.6 Å². The standard InChI is InChI=1S/C10H14O4/c1-2-8(7-10(13)14)5-3-4-6-9(11)12/h2-4,8H,1,5-7H2,(H,11,12)(H,13,14). The van der Waals surface area contributed by atoms with Crippen LogP contribution in [0.15, 0.2) is 24.8 Å². The third-order valence-electron chi connectivity index (χ3n) is 1.67. The van der Waals surface area contributed by atoms with E-state index in [-0.39, 0.29) is 18.8 Å². The van der Waals surface area contributed by atoms with Crippen molar-refractivity contribution < 1.29 is 19.8 Å². The molecule has 1 unspecified atom stereocenters. The molecule has 1 atom stereocenters. The fourth-order valence-corrected chi connectivity index (χ4v) is 0.942. The summed E-state index contributed by atoms with van der Waals surface area (Å²) in [6.45, 7) is 3.51. The normalized spacial score (nSPS) is 12.6. The maximum Gasteiger partial charge on any atom is 0.307 e. The molecule has 4 nitrogen and oxygen atoms in total. The van der Waals surface area contributed by atoms with Gasteiger partial charge < -0.3 is 10.2 Å². The molecule has 78 valence electrons. The summed E-state index contributed by atoms with van der Waals surface area (Å²) in [5, 5.41) is 16.8. The Morgan fingerprint density at radius 3 is 2.29 bits per heavy atom. The number of aliphatic carboxylic acids is 2. The minimum Gasteiger partial charge on any atom is -0.481 e. The average Bonchev–Trinajstić information content (AvgIpc) is 2.09. The molecule has 0 aliphatic heterocycles. The van der Waals surface area contributed by atoms with E-state index in [2.05, 4.69) is 6.58 Å². The number of allylic oxidation sites excluding steroid dienone is 2. The molecule has 0 fully saturated rings. The van der Waals surface area contributed by atoms with Gasteiger partial charge in [0, 0.05) is 0 Å². The van der Waals surface area contributed by atoms with Crippen LogP contribution in [0.3, 0.4) is 0 Å². The van der Waals surface area contributed by atoms with Crippen molar-refractivity contribution >= 4 is 11.9 Å². The van der Waals surface area contributed by atoms with Crippen LogP contribution in [0.4, 0.5) is 0 Å². The van der Waals surface area contributed by atoms with Crippen molar-refractivity contribution in [2.75, 3.05) is 0 Å². The van der Waals surface area contributed by atoms with Gasteiger partial charge in [-0.05, 0) is 12.3 Å². The lowest BCUT2D eigenvalue weighted by molar-refractivity contribution is -0.138. The van der Waals surface area contributed by atoms with Crippen LogP contribution in [-0.4, -0.2) is 22.2 Å². The van der Waals surface area contributed by atoms with E-state index in [1.54, 1.807) is 12.2 Å². The highest BCUT2D eigenvalue weighted by atomic mass is 16.4. The Kier molecular flexibility index (Phi) is 6.11. The van der Waals surface area contributed by atoms with Crippen LogP contribution in [0.5, 0.6) is 0 Å². The predicted molar refractivity (Wildman–Crippen MR) is 51.9 cm³/mol. The lowest BCUT2D eigenvalue weighted by atomic mass is 10.0. The SMILES string of the molecule is C=CC(CC=CCC(=O)O)CC(=O)O. The van der Waals surface area contributed by atoms with Crippen molar-refractivity contribution in [1.29, 1.82) is 0 Å². The molecule has 0 heterocycles. The van der Waals surface area contributed by atoms with Gasteiger partial charge in [-0.3, -0.25) is 9.59 Å². The first-order valence-corrected chi connectivity index (χ1v) is 4.27. The first kappa shape index (κ1) is 12.4. The van der Waals surface area contributed by atoms with Crippen molar-refractivity contribution in [3.8, 4) is 0 Å². The van der Waals surface area contributed by atoms with Crippen molar-refractivity contribution in [3.05, 3.63) is 24.8 Å². The molecule has 4 heteroatoms. The molecule has 0 aromatic heterocycles. The molecule has 0 radical (unpaired) electrons. The molecule has 0 aromatic carbocycles. The molecule has 0 spiro atoms. The van der Waals surface area contributed by atoms with E-state index in [1.165, 1.54) is 6.08 Å². The summed E-state index contributed by atoms with van der Waals surface area (Å²) in [5.74, 6) is -1.89. The fraction of sp³-hybridized carbons (Fsp3) is 0.400. The van der Waals surface area contributed by atoms with E-state index < -0.39 is 11.9 Å². The van der Waals surface area contributed by atoms with Gasteiger partial charge in [-0.2, -0.15) is 0 Å². The van der Waals surface area contributed by atoms with Crippen molar-refractivity contribution in [2.24, 2.45) is 5.92 Å². The summed E-state index contributed by atoms with van der Waals surface area (Å²) < 4.78 is 0. The van der Waals surface area contributed by atoms with Gasteiger partial charge in [0.15, 0.2) is 0 Å². The minimum atomic E-state index is -0.894. The number of hydrogen-bond acceptors (Lipinski definition) is 2. The lowest BCUT2D eigenvalue weighted by Crippen LogP contribution is -2.04. The number of rotatable bonds is 7. The zero-order valence-corrected chi connectivity index (χ0v) is 7.85. The molecule has 0 rings (SSSR count). The molecule has 2 N–H and O–H groups in total. The van der Waals surface area contributed by atoms with Gasteiger partial charge in [0.25, 0.3) is 0 Å². The molecular weight excluding hydrogens is 184 g/mol. The molecule has 14 heavy (non-hydrogen) atoms. The Bertz CT molecular complexity index is 243. The lowest BCUT2D eigenvalue weighted by Gasteiger charge is -2.04. The van der Waals surface area contributed by atoms with E-state index in [0.717, 1.165) is 0 Å². The molecule has 0 aliphatic rings. The maximum atomic E-state index is 10.3. The van der Waals surface area contributed by atoms with Crippen LogP contribution in [0.2, 0.25) is 0 Å². The van der Waals surface area contributed by atoms with Gasteiger partial charge in [-0.1, -0.05) is 18.2 Å². The third kappa shape index (κ3) is 7.09. The van der Waals surface area contributed by atoms with Crippen LogP contribution in [0.25, 0.3) is 0 Å². The first-order chi connectivity index (χ1) is 6.56. The van der Waals surface area contributed by atoms with Crippen LogP contribution >= 0.6 is 0 Å². The summed E-state index contributed by atoms with van der Waals surface area (Å²) >= 11 is 0. The molecule has 0 bridgehead atoms. The second-order valence-corrected chi connectivity index (χ2v) is 2.90. The van der Waals surface area contributed by atoms with E-state index >= 15 is 0 Å². The zero-order chi connectivity index (χ0) is 11.0. The number of carbonyl (C=O) groups is 2. The summed E-state index contributed by atoms with van der Waals surface area (Å²) in [6.07, 6.45) is 5.27. The highest BCUT2D eigenvalue weighted by molar-refractivity contribution is 5.68. The maximum absolute atomic E-state index is 10.3. The molecule has 0 saturated heterocycles. The van der Waals surface area contributed by atoms with E-state index in [1.807, 2.05) is 0 Å². The van der Waals surface area contributed by atoms with Crippen molar-refractivity contribution in [1.82, 2.24) is 0 Å². The second-order valence-electron chi connectivity index (χ2n) is 2.90. The quantitative estimate of drug-likeness (QED) is 0.610. The van der Waals surface area contributed by atoms with E-state index in [0.29, 0.717) is 6.42 Å². The Hall–Kier alpha value is -1.58. The van der Waals surface area contributed by atoms with Gasteiger partial charge in [-0.25, -0.2) is 0 Å². The zero-order valence-electron chi connectivity index (χ0n) is 7.85. The van der Waals surface area contributed by atoms with Crippen LogP contribution in [0, 0.1) is 5.92 Å². The Morgan fingerprint density at radius 1 is 1.21 bits per heavy atom. The number of carboxylic acids is 2. The van der Waals surface area contributed by atoms with Crippen molar-refractivity contribution in [2.45, 2.75) is 19.3 Å². The molecular formula is C10H14O4. The minimum absolute atomic E-state index is 0.0287. The monoisotopic (exact) mass is 198 g/mol. The summed E-state index contributed by atoms with van der Waals surface area (Å²) in [7, 11) is 0. The molecule has 0 aliphatic carbocycles. The van der Waals surface area contributed by atoms with Gasteiger partial charge >= 0.3 is 11.9 Å². The van der Waals surface area contributed by atoms with Gasteiger partial charge in [0.05, 0.1) is 12.8 Å². The van der Waals surface area contributed by atoms with Crippen LogP contribution in [0.1, 0.15) is 19.3 Å². The van der Waals surface area contributed by atoms with E-state index in [4.69, 9.17) is 10.2 Å². The molecule has 0 amide bonds. The van der Waals surface area contributed by atoms with Crippen LogP contribution in [-0.2, 0) is 9.59 Å². The highest BCUT2D eigenvalue weighted by Gasteiger charge is 2.06. The highest BCUT2D eigenvalue weighted by Crippen LogP contribution is 2.10. The number of carboxylic acid groups (broad SMARTS) is 2. The van der Waals surface area contributed by atoms with Gasteiger partial charge in [0.2, 0.25) is 0 Å². The summed E-state index contributed by atoms with van der Waals surface area (Å²) in [6, 6.07) is 0. The second kappa shape index (κ2) is 6.88. The predicted octanol–water partition coefficient (Wildman–Crippen LogP) is 1.68. The largest absolute Gasteiger partial charge is 0.481 e. The Labute approximate surface area is 82.6 Å². The Balaban J connectivity index is 3.83. The summed E-state index contributed by atoms with van der Waals surface area (Å²) in [4.78, 5) is 20.5. The smallest absolute Gasteiger partial charge is 0.307 e. The fourth-order valence-electron chi connectivity index (χ4n) is 0.942. The average molecular weight is 198 g/mol. The van der Waals surface area contributed by atoms with E-state index in [9.17, 15) is 9.59 Å². The van der Waals surface area contributed by atoms with Gasteiger partial charge in [-0.15, -0.1) is 6.58 Å². The molecule has 0 aromatic rings. The Morgan fingerprint density at radius 2 is 1.86 bits per heavy atom.